The average Bonchev–Trinajstić information content (AvgIpc) is 2.65. The van der Waals surface area contributed by atoms with E-state index in [1.165, 1.54) is 6.42 Å². The maximum Gasteiger partial charge on any atom is 0.0619 e. The number of aliphatic hydroxyl groups excluding tert-OH is 1. The van der Waals surface area contributed by atoms with Crippen LogP contribution in [0.15, 0.2) is 0 Å². The normalized spacial score (nSPS) is 27.5. The van der Waals surface area contributed by atoms with Gasteiger partial charge in [-0.2, -0.15) is 0 Å². The summed E-state index contributed by atoms with van der Waals surface area (Å²) in [7, 11) is 0. The first kappa shape index (κ1) is 11.0. The second-order valence-corrected chi connectivity index (χ2v) is 4.07. The molecule has 13 heavy (non-hydrogen) atoms. The van der Waals surface area contributed by atoms with Crippen molar-refractivity contribution >= 4 is 0 Å². The lowest BCUT2D eigenvalue weighted by molar-refractivity contribution is 0.0375. The highest BCUT2D eigenvalue weighted by Crippen LogP contribution is 2.26. The van der Waals surface area contributed by atoms with Crippen LogP contribution < -0.4 is 0 Å². The Labute approximate surface area is 81.3 Å². The molecule has 1 N–H and O–H groups in total. The summed E-state index contributed by atoms with van der Waals surface area (Å²) >= 11 is 0. The highest BCUT2D eigenvalue weighted by Gasteiger charge is 2.28. The zero-order valence-corrected chi connectivity index (χ0v) is 8.83. The van der Waals surface area contributed by atoms with Crippen molar-refractivity contribution in [3.05, 3.63) is 0 Å². The highest BCUT2D eigenvalue weighted by atomic mass is 16.5. The van der Waals surface area contributed by atoms with Gasteiger partial charge in [0.2, 0.25) is 0 Å². The van der Waals surface area contributed by atoms with Crippen molar-refractivity contribution < 1.29 is 9.84 Å². The van der Waals surface area contributed by atoms with E-state index in [2.05, 4.69) is 13.8 Å². The molecule has 3 atom stereocenters. The van der Waals surface area contributed by atoms with Crippen LogP contribution in [0.5, 0.6) is 0 Å². The lowest BCUT2D eigenvalue weighted by atomic mass is 9.86. The van der Waals surface area contributed by atoms with Gasteiger partial charge in [0, 0.05) is 12.5 Å². The van der Waals surface area contributed by atoms with E-state index in [9.17, 15) is 5.11 Å². The van der Waals surface area contributed by atoms with Gasteiger partial charge in [0.05, 0.1) is 12.7 Å². The van der Waals surface area contributed by atoms with Gasteiger partial charge < -0.3 is 9.84 Å². The molecule has 1 aliphatic rings. The summed E-state index contributed by atoms with van der Waals surface area (Å²) in [5, 5.41) is 10.1. The molecule has 2 heteroatoms. The fraction of sp³-hybridized carbons (Fsp3) is 1.00. The second-order valence-electron chi connectivity index (χ2n) is 4.07. The number of ether oxygens (including phenoxy) is 1. The van der Waals surface area contributed by atoms with Gasteiger partial charge in [-0.1, -0.05) is 26.7 Å². The van der Waals surface area contributed by atoms with Gasteiger partial charge in [-0.3, -0.25) is 0 Å². The molecule has 0 amide bonds. The van der Waals surface area contributed by atoms with Crippen molar-refractivity contribution in [1.29, 1.82) is 0 Å². The van der Waals surface area contributed by atoms with E-state index >= 15 is 0 Å². The minimum Gasteiger partial charge on any atom is -0.392 e. The van der Waals surface area contributed by atoms with Crippen molar-refractivity contribution in [2.75, 3.05) is 13.2 Å². The van der Waals surface area contributed by atoms with Crippen LogP contribution in [0.1, 0.15) is 39.5 Å². The summed E-state index contributed by atoms with van der Waals surface area (Å²) in [6.07, 6.45) is 4.32. The molecule has 0 aromatic rings. The molecule has 0 aromatic heterocycles. The van der Waals surface area contributed by atoms with Crippen LogP contribution in [0, 0.1) is 11.8 Å². The molecule has 0 aliphatic carbocycles. The van der Waals surface area contributed by atoms with E-state index < -0.39 is 0 Å². The standard InChI is InChI=1S/C11H22O2/c1-3-5-9(4-2)11(12)10-6-7-13-8-10/h9-12H,3-8H2,1-2H3. The van der Waals surface area contributed by atoms with Crippen LogP contribution in [0.3, 0.4) is 0 Å². The Morgan fingerprint density at radius 1 is 1.46 bits per heavy atom. The lowest BCUT2D eigenvalue weighted by Crippen LogP contribution is -2.29. The van der Waals surface area contributed by atoms with Gasteiger partial charge in [0.15, 0.2) is 0 Å². The Morgan fingerprint density at radius 2 is 2.23 bits per heavy atom. The zero-order chi connectivity index (χ0) is 9.68. The predicted molar refractivity (Wildman–Crippen MR) is 53.6 cm³/mol. The minimum atomic E-state index is -0.132. The first-order valence-corrected chi connectivity index (χ1v) is 5.55. The van der Waals surface area contributed by atoms with Crippen LogP contribution in [0.4, 0.5) is 0 Å². The molecule has 0 spiro atoms. The maximum absolute atomic E-state index is 10.1. The molecule has 78 valence electrons. The van der Waals surface area contributed by atoms with Gasteiger partial charge in [0.1, 0.15) is 0 Å². The lowest BCUT2D eigenvalue weighted by Gasteiger charge is -2.25. The molecule has 1 aliphatic heterocycles. The van der Waals surface area contributed by atoms with Crippen molar-refractivity contribution in [2.24, 2.45) is 11.8 Å². The van der Waals surface area contributed by atoms with E-state index in [1.807, 2.05) is 0 Å². The van der Waals surface area contributed by atoms with Gasteiger partial charge in [-0.05, 0) is 18.8 Å². The summed E-state index contributed by atoms with van der Waals surface area (Å²) in [6.45, 7) is 5.95. The first-order chi connectivity index (χ1) is 6.29. The Bertz CT molecular complexity index is 130. The van der Waals surface area contributed by atoms with E-state index in [4.69, 9.17) is 4.74 Å². The summed E-state index contributed by atoms with van der Waals surface area (Å²) in [4.78, 5) is 0. The summed E-state index contributed by atoms with van der Waals surface area (Å²) < 4.78 is 5.29. The predicted octanol–water partition coefficient (Wildman–Crippen LogP) is 2.21. The number of hydrogen-bond donors (Lipinski definition) is 1. The van der Waals surface area contributed by atoms with Gasteiger partial charge in [-0.25, -0.2) is 0 Å². The van der Waals surface area contributed by atoms with E-state index in [1.54, 1.807) is 0 Å². The van der Waals surface area contributed by atoms with Crippen LogP contribution in [-0.2, 0) is 4.74 Å². The van der Waals surface area contributed by atoms with Crippen LogP contribution in [-0.4, -0.2) is 24.4 Å². The Morgan fingerprint density at radius 3 is 2.69 bits per heavy atom. The highest BCUT2D eigenvalue weighted by molar-refractivity contribution is 4.78. The average molecular weight is 186 g/mol. The smallest absolute Gasteiger partial charge is 0.0619 e. The largest absolute Gasteiger partial charge is 0.392 e. The third-order valence-electron chi connectivity index (χ3n) is 3.11. The molecule has 0 aromatic carbocycles. The van der Waals surface area contributed by atoms with E-state index in [0.29, 0.717) is 11.8 Å². The SMILES string of the molecule is CCCC(CC)C(O)C1CCOC1. The molecule has 1 fully saturated rings. The third-order valence-corrected chi connectivity index (χ3v) is 3.11. The van der Waals surface area contributed by atoms with E-state index in [0.717, 1.165) is 32.5 Å². The van der Waals surface area contributed by atoms with Crippen molar-refractivity contribution in [1.82, 2.24) is 0 Å². The molecule has 1 rings (SSSR count). The summed E-state index contributed by atoms with van der Waals surface area (Å²) in [6, 6.07) is 0. The van der Waals surface area contributed by atoms with Crippen molar-refractivity contribution in [3.8, 4) is 0 Å². The minimum absolute atomic E-state index is 0.132. The van der Waals surface area contributed by atoms with Crippen LogP contribution in [0.25, 0.3) is 0 Å². The molecule has 0 saturated carbocycles. The molecule has 2 nitrogen and oxygen atoms in total. The fourth-order valence-corrected chi connectivity index (χ4v) is 2.19. The maximum atomic E-state index is 10.1. The van der Waals surface area contributed by atoms with Crippen molar-refractivity contribution in [2.45, 2.75) is 45.6 Å². The molecule has 1 saturated heterocycles. The van der Waals surface area contributed by atoms with Crippen molar-refractivity contribution in [3.63, 3.8) is 0 Å². The van der Waals surface area contributed by atoms with Gasteiger partial charge in [-0.15, -0.1) is 0 Å². The zero-order valence-electron chi connectivity index (χ0n) is 8.83. The van der Waals surface area contributed by atoms with E-state index in [-0.39, 0.29) is 6.10 Å². The fourth-order valence-electron chi connectivity index (χ4n) is 2.19. The second kappa shape index (κ2) is 5.61. The van der Waals surface area contributed by atoms with Crippen LogP contribution in [0.2, 0.25) is 0 Å². The number of aliphatic hydroxyl groups is 1. The van der Waals surface area contributed by atoms with Gasteiger partial charge in [0.25, 0.3) is 0 Å². The Hall–Kier alpha value is -0.0800. The summed E-state index contributed by atoms with van der Waals surface area (Å²) in [5.74, 6) is 0.883. The Kier molecular flexibility index (Phi) is 4.74. The molecule has 3 unspecified atom stereocenters. The third kappa shape index (κ3) is 2.96. The molecular formula is C11H22O2. The monoisotopic (exact) mass is 186 g/mol. The quantitative estimate of drug-likeness (QED) is 0.713. The molecule has 0 radical (unpaired) electrons. The number of rotatable bonds is 5. The molecular weight excluding hydrogens is 164 g/mol. The first-order valence-electron chi connectivity index (χ1n) is 5.55. The number of hydrogen-bond acceptors (Lipinski definition) is 2. The topological polar surface area (TPSA) is 29.5 Å². The molecule has 0 bridgehead atoms. The summed E-state index contributed by atoms with van der Waals surface area (Å²) in [5.41, 5.74) is 0. The molecule has 1 heterocycles. The Balaban J connectivity index is 2.37. The van der Waals surface area contributed by atoms with Gasteiger partial charge >= 0.3 is 0 Å². The van der Waals surface area contributed by atoms with Crippen LogP contribution >= 0.6 is 0 Å².